The molecule has 3 aromatic rings. The molecule has 4 rings (SSSR count). The summed E-state index contributed by atoms with van der Waals surface area (Å²) in [6.45, 7) is 2.90. The smallest absolute Gasteiger partial charge is 0.224 e. The minimum Gasteiger partial charge on any atom is -0.369 e. The molecule has 1 aliphatic rings. The van der Waals surface area contributed by atoms with E-state index in [0.29, 0.717) is 39.1 Å². The first-order chi connectivity index (χ1) is 13.8. The van der Waals surface area contributed by atoms with Crippen molar-refractivity contribution in [2.75, 3.05) is 38.0 Å². The number of hydrogen-bond acceptors (Lipinski definition) is 6. The number of anilines is 1. The third-order valence-electron chi connectivity index (χ3n) is 4.90. The number of carbonyl (C=O) groups is 2. The number of carbonyl (C=O) groups excluding carboxylic acids is 2. The predicted molar refractivity (Wildman–Crippen MR) is 110 cm³/mol. The molecule has 3 heterocycles. The van der Waals surface area contributed by atoms with E-state index < -0.39 is 0 Å². The first-order valence-electron chi connectivity index (χ1n) is 9.25. The van der Waals surface area contributed by atoms with Crippen LogP contribution in [0.5, 0.6) is 0 Å². The molecule has 0 atom stereocenters. The molecule has 1 aromatic carbocycles. The van der Waals surface area contributed by atoms with Crippen molar-refractivity contribution >= 4 is 39.7 Å². The lowest BCUT2D eigenvalue weighted by Gasteiger charge is -2.32. The van der Waals surface area contributed by atoms with E-state index in [1.807, 2.05) is 23.1 Å². The molecule has 1 saturated heterocycles. The van der Waals surface area contributed by atoms with Crippen molar-refractivity contribution in [1.29, 1.82) is 0 Å². The highest BCUT2D eigenvalue weighted by Crippen LogP contribution is 2.36. The van der Waals surface area contributed by atoms with Crippen LogP contribution < -0.4 is 5.32 Å². The van der Waals surface area contributed by atoms with Gasteiger partial charge in [0.15, 0.2) is 0 Å². The number of hydrogen-bond donors (Lipinski definition) is 1. The maximum atomic E-state index is 12.4. The van der Waals surface area contributed by atoms with Crippen molar-refractivity contribution < 1.29 is 9.59 Å². The molecule has 0 radical (unpaired) electrons. The first-order valence-corrected chi connectivity index (χ1v) is 10.1. The normalized spacial score (nSPS) is 14.3. The minimum absolute atomic E-state index is 0.0944. The lowest BCUT2D eigenvalue weighted by Crippen LogP contribution is -2.48. The van der Waals surface area contributed by atoms with Crippen LogP contribution in [0.1, 0.15) is 6.42 Å². The first kappa shape index (κ1) is 18.4. The van der Waals surface area contributed by atoms with E-state index in [1.165, 1.54) is 0 Å². The number of nitrogens with zero attached hydrogens (tertiary/aromatic N) is 4. The van der Waals surface area contributed by atoms with Gasteiger partial charge in [-0.25, -0.2) is 9.97 Å². The Bertz CT molecular complexity index is 967. The maximum absolute atomic E-state index is 12.4. The Balaban J connectivity index is 1.43. The fourth-order valence-electron chi connectivity index (χ4n) is 3.36. The van der Waals surface area contributed by atoms with E-state index in [9.17, 15) is 9.59 Å². The average molecular weight is 395 g/mol. The molecule has 1 fully saturated rings. The number of piperazine rings is 1. The monoisotopic (exact) mass is 395 g/mol. The summed E-state index contributed by atoms with van der Waals surface area (Å²) in [7, 11) is 0. The standard InChI is InChI=1S/C20H21N5O2S/c26-14-24-8-10-25(11-9-24)17(27)6-7-21-19-18-16(15-4-2-1-3-5-15)12-28-20(18)23-13-22-19/h1-5,12-14H,6-11H2,(H,21,22,23). The number of amides is 2. The zero-order chi connectivity index (χ0) is 19.3. The van der Waals surface area contributed by atoms with Gasteiger partial charge in [-0.1, -0.05) is 30.3 Å². The number of rotatable bonds is 6. The third-order valence-corrected chi connectivity index (χ3v) is 5.79. The Labute approximate surface area is 167 Å². The second-order valence-electron chi connectivity index (χ2n) is 6.62. The highest BCUT2D eigenvalue weighted by atomic mass is 32.1. The third kappa shape index (κ3) is 3.82. The van der Waals surface area contributed by atoms with Gasteiger partial charge in [0.25, 0.3) is 0 Å². The molecule has 1 aliphatic heterocycles. The number of benzene rings is 1. The van der Waals surface area contributed by atoms with Crippen LogP contribution in [0.25, 0.3) is 21.3 Å². The molecular weight excluding hydrogens is 374 g/mol. The van der Waals surface area contributed by atoms with Gasteiger partial charge >= 0.3 is 0 Å². The van der Waals surface area contributed by atoms with Crippen LogP contribution in [0, 0.1) is 0 Å². The summed E-state index contributed by atoms with van der Waals surface area (Å²) in [5.74, 6) is 0.848. The van der Waals surface area contributed by atoms with E-state index in [1.54, 1.807) is 22.6 Å². The van der Waals surface area contributed by atoms with Crippen LogP contribution in [0.2, 0.25) is 0 Å². The predicted octanol–water partition coefficient (Wildman–Crippen LogP) is 2.46. The van der Waals surface area contributed by atoms with Crippen molar-refractivity contribution in [3.8, 4) is 11.1 Å². The zero-order valence-corrected chi connectivity index (χ0v) is 16.2. The summed E-state index contributed by atoms with van der Waals surface area (Å²) in [5, 5.41) is 6.40. The van der Waals surface area contributed by atoms with Gasteiger partial charge in [-0.3, -0.25) is 9.59 Å². The van der Waals surface area contributed by atoms with E-state index >= 15 is 0 Å². The minimum atomic E-state index is 0.0944. The fraction of sp³-hybridized carbons (Fsp3) is 0.300. The van der Waals surface area contributed by atoms with E-state index in [2.05, 4.69) is 32.8 Å². The number of fused-ring (bicyclic) bond motifs is 1. The molecule has 7 nitrogen and oxygen atoms in total. The summed E-state index contributed by atoms with van der Waals surface area (Å²) in [6.07, 6.45) is 2.78. The Morgan fingerprint density at radius 3 is 2.68 bits per heavy atom. The van der Waals surface area contributed by atoms with Crippen LogP contribution >= 0.6 is 11.3 Å². The van der Waals surface area contributed by atoms with Crippen LogP contribution in [-0.4, -0.2) is 64.8 Å². The zero-order valence-electron chi connectivity index (χ0n) is 15.4. The highest BCUT2D eigenvalue weighted by molar-refractivity contribution is 7.17. The Kier molecular flexibility index (Phi) is 5.48. The molecule has 0 aliphatic carbocycles. The fourth-order valence-corrected chi connectivity index (χ4v) is 4.28. The number of aromatic nitrogens is 2. The SMILES string of the molecule is O=CN1CCN(C(=O)CCNc2ncnc3scc(-c4ccccc4)c23)CC1. The van der Waals surface area contributed by atoms with Crippen LogP contribution in [0.4, 0.5) is 5.82 Å². The Morgan fingerprint density at radius 2 is 1.93 bits per heavy atom. The molecule has 0 saturated carbocycles. The van der Waals surface area contributed by atoms with Gasteiger partial charge in [-0.15, -0.1) is 11.3 Å². The molecule has 144 valence electrons. The molecule has 2 aromatic heterocycles. The van der Waals surface area contributed by atoms with E-state index in [4.69, 9.17) is 0 Å². The van der Waals surface area contributed by atoms with Gasteiger partial charge in [0.05, 0.1) is 5.39 Å². The van der Waals surface area contributed by atoms with Gasteiger partial charge < -0.3 is 15.1 Å². The molecule has 28 heavy (non-hydrogen) atoms. The van der Waals surface area contributed by atoms with Gasteiger partial charge in [-0.05, 0) is 5.56 Å². The molecule has 8 heteroatoms. The summed E-state index contributed by atoms with van der Waals surface area (Å²) in [4.78, 5) is 36.4. The summed E-state index contributed by atoms with van der Waals surface area (Å²) < 4.78 is 0. The van der Waals surface area contributed by atoms with Crippen molar-refractivity contribution in [1.82, 2.24) is 19.8 Å². The molecule has 2 amide bonds. The Morgan fingerprint density at radius 1 is 1.14 bits per heavy atom. The van der Waals surface area contributed by atoms with Gasteiger partial charge in [-0.2, -0.15) is 0 Å². The van der Waals surface area contributed by atoms with Gasteiger partial charge in [0, 0.05) is 50.1 Å². The van der Waals surface area contributed by atoms with Crippen LogP contribution in [-0.2, 0) is 9.59 Å². The molecule has 0 bridgehead atoms. The second kappa shape index (κ2) is 8.35. The molecular formula is C20H21N5O2S. The highest BCUT2D eigenvalue weighted by Gasteiger charge is 2.20. The van der Waals surface area contributed by atoms with Gasteiger partial charge in [0.2, 0.25) is 12.3 Å². The molecule has 1 N–H and O–H groups in total. The largest absolute Gasteiger partial charge is 0.369 e. The molecule has 0 unspecified atom stereocenters. The number of thiophene rings is 1. The van der Waals surface area contributed by atoms with Crippen molar-refractivity contribution in [3.63, 3.8) is 0 Å². The van der Waals surface area contributed by atoms with Crippen LogP contribution in [0.3, 0.4) is 0 Å². The summed E-state index contributed by atoms with van der Waals surface area (Å²) in [6, 6.07) is 10.2. The lowest BCUT2D eigenvalue weighted by atomic mass is 10.1. The average Bonchev–Trinajstić information content (AvgIpc) is 3.19. The second-order valence-corrected chi connectivity index (χ2v) is 7.47. The summed E-state index contributed by atoms with van der Waals surface area (Å²) in [5.41, 5.74) is 2.22. The van der Waals surface area contributed by atoms with Crippen molar-refractivity contribution in [3.05, 3.63) is 42.0 Å². The Hall–Kier alpha value is -3.00. The maximum Gasteiger partial charge on any atom is 0.224 e. The van der Waals surface area contributed by atoms with Crippen LogP contribution in [0.15, 0.2) is 42.0 Å². The van der Waals surface area contributed by atoms with Gasteiger partial charge in [0.1, 0.15) is 17.0 Å². The van der Waals surface area contributed by atoms with E-state index in [-0.39, 0.29) is 5.91 Å². The van der Waals surface area contributed by atoms with Crippen molar-refractivity contribution in [2.24, 2.45) is 0 Å². The molecule has 0 spiro atoms. The lowest BCUT2D eigenvalue weighted by molar-refractivity contribution is -0.134. The van der Waals surface area contributed by atoms with E-state index in [0.717, 1.165) is 33.6 Å². The topological polar surface area (TPSA) is 78.4 Å². The summed E-state index contributed by atoms with van der Waals surface area (Å²) >= 11 is 1.59. The number of nitrogens with one attached hydrogen (secondary N) is 1. The quantitative estimate of drug-likeness (QED) is 0.649. The van der Waals surface area contributed by atoms with Crippen molar-refractivity contribution in [2.45, 2.75) is 6.42 Å².